The van der Waals surface area contributed by atoms with Gasteiger partial charge in [0.25, 0.3) is 5.91 Å². The van der Waals surface area contributed by atoms with Crippen LogP contribution in [0.15, 0.2) is 87.2 Å². The lowest BCUT2D eigenvalue weighted by Gasteiger charge is -2.35. The van der Waals surface area contributed by atoms with Crippen molar-refractivity contribution in [2.45, 2.75) is 55.1 Å². The van der Waals surface area contributed by atoms with Crippen LogP contribution in [0.25, 0.3) is 0 Å². The highest BCUT2D eigenvalue weighted by Crippen LogP contribution is 2.40. The van der Waals surface area contributed by atoms with Gasteiger partial charge in [-0.15, -0.1) is 11.8 Å². The molecule has 0 bridgehead atoms. The number of allylic oxidation sites excluding steroid dienone is 4. The van der Waals surface area contributed by atoms with E-state index < -0.39 is 0 Å². The number of nitrogens with one attached hydrogen (secondary N) is 3. The number of hydrogen-bond acceptors (Lipinski definition) is 7. The predicted molar refractivity (Wildman–Crippen MR) is 162 cm³/mol. The molecule has 7 nitrogen and oxygen atoms in total. The van der Waals surface area contributed by atoms with Gasteiger partial charge in [-0.25, -0.2) is 0 Å². The number of amides is 1. The summed E-state index contributed by atoms with van der Waals surface area (Å²) in [6.45, 7) is 4.44. The lowest BCUT2D eigenvalue weighted by Crippen LogP contribution is -2.43. The van der Waals surface area contributed by atoms with Gasteiger partial charge in [0, 0.05) is 48.4 Å². The fraction of sp³-hybridized carbons (Fsp3) is 0.419. The SMILES string of the molecule is CSc1cc(C(=O)NCC2=CC3C(=CC=C(/C(N)=C/C=C\C4CCC5(CC5)NCCN4)N3C)C=N2)ccc1C. The van der Waals surface area contributed by atoms with Crippen LogP contribution >= 0.6 is 11.8 Å². The Labute approximate surface area is 236 Å². The molecule has 1 aromatic rings. The van der Waals surface area contributed by atoms with Gasteiger partial charge in [0.05, 0.1) is 29.7 Å². The van der Waals surface area contributed by atoms with Crippen LogP contribution in [0.5, 0.6) is 0 Å². The maximum atomic E-state index is 12.8. The molecular weight excluding hydrogens is 504 g/mol. The van der Waals surface area contributed by atoms with Gasteiger partial charge in [0.2, 0.25) is 0 Å². The summed E-state index contributed by atoms with van der Waals surface area (Å²) in [4.78, 5) is 20.6. The molecular formula is C31H40N6OS. The molecule has 2 fully saturated rings. The fourth-order valence-corrected chi connectivity index (χ4v) is 6.08. The van der Waals surface area contributed by atoms with Crippen molar-refractivity contribution in [3.05, 3.63) is 88.4 Å². The Balaban J connectivity index is 1.19. The molecule has 2 unspecified atom stereocenters. The largest absolute Gasteiger partial charge is 0.397 e. The molecule has 5 rings (SSSR count). The molecule has 4 aliphatic rings. The van der Waals surface area contributed by atoms with E-state index in [1.807, 2.05) is 36.7 Å². The number of likely N-dealkylation sites (N-methyl/N-ethyl adjacent to an activating group) is 1. The van der Waals surface area contributed by atoms with E-state index >= 15 is 0 Å². The minimum atomic E-state index is -0.0957. The Morgan fingerprint density at radius 3 is 2.92 bits per heavy atom. The van der Waals surface area contributed by atoms with Crippen LogP contribution in [0.4, 0.5) is 0 Å². The molecule has 1 amide bonds. The third-order valence-corrected chi connectivity index (χ3v) is 9.02. The minimum absolute atomic E-state index is 0.0160. The van der Waals surface area contributed by atoms with Crippen molar-refractivity contribution in [2.24, 2.45) is 10.7 Å². The van der Waals surface area contributed by atoms with Crippen LogP contribution in [-0.4, -0.2) is 67.6 Å². The van der Waals surface area contributed by atoms with Gasteiger partial charge in [0.1, 0.15) is 0 Å². The summed E-state index contributed by atoms with van der Waals surface area (Å²) < 4.78 is 0. The molecule has 1 aliphatic carbocycles. The topological polar surface area (TPSA) is 94.8 Å². The normalized spacial score (nSPS) is 24.4. The summed E-state index contributed by atoms with van der Waals surface area (Å²) in [6, 6.07) is 6.19. The van der Waals surface area contributed by atoms with Crippen molar-refractivity contribution in [3.8, 4) is 0 Å². The number of fused-ring (bicyclic) bond motifs is 1. The van der Waals surface area contributed by atoms with E-state index in [9.17, 15) is 4.79 Å². The number of aliphatic imine (C=N–C) groups is 1. The summed E-state index contributed by atoms with van der Waals surface area (Å²) in [5.74, 6) is -0.0957. The predicted octanol–water partition coefficient (Wildman–Crippen LogP) is 3.81. The fourth-order valence-electron chi connectivity index (χ4n) is 5.44. The van der Waals surface area contributed by atoms with E-state index in [1.54, 1.807) is 11.8 Å². The van der Waals surface area contributed by atoms with Gasteiger partial charge in [-0.3, -0.25) is 9.79 Å². The summed E-state index contributed by atoms with van der Waals surface area (Å²) in [5.41, 5.74) is 12.4. The highest BCUT2D eigenvalue weighted by molar-refractivity contribution is 7.98. The number of carbonyl (C=O) groups is 1. The second-order valence-electron chi connectivity index (χ2n) is 10.9. The van der Waals surface area contributed by atoms with E-state index in [4.69, 9.17) is 5.73 Å². The van der Waals surface area contributed by atoms with Crippen molar-refractivity contribution in [1.29, 1.82) is 0 Å². The molecule has 1 saturated carbocycles. The van der Waals surface area contributed by atoms with Crippen LogP contribution in [0.1, 0.15) is 41.6 Å². The quantitative estimate of drug-likeness (QED) is 0.308. The van der Waals surface area contributed by atoms with Crippen LogP contribution in [0.3, 0.4) is 0 Å². The molecule has 206 valence electrons. The highest BCUT2D eigenvalue weighted by atomic mass is 32.2. The van der Waals surface area contributed by atoms with Crippen LogP contribution in [0, 0.1) is 6.92 Å². The zero-order valence-electron chi connectivity index (χ0n) is 23.2. The van der Waals surface area contributed by atoms with Crippen molar-refractivity contribution in [1.82, 2.24) is 20.9 Å². The van der Waals surface area contributed by atoms with E-state index in [1.165, 1.54) is 24.8 Å². The molecule has 5 N–H and O–H groups in total. The van der Waals surface area contributed by atoms with E-state index in [2.05, 4.69) is 70.2 Å². The summed E-state index contributed by atoms with van der Waals surface area (Å²) in [6.07, 6.45) is 21.4. The first-order valence-corrected chi connectivity index (χ1v) is 15.0. The van der Waals surface area contributed by atoms with Crippen molar-refractivity contribution in [2.75, 3.05) is 32.9 Å². The first kappa shape index (κ1) is 27.5. The molecule has 0 radical (unpaired) electrons. The highest BCUT2D eigenvalue weighted by Gasteiger charge is 2.42. The average molecular weight is 545 g/mol. The van der Waals surface area contributed by atoms with Crippen LogP contribution in [-0.2, 0) is 0 Å². The molecule has 3 aliphatic heterocycles. The molecule has 3 heterocycles. The number of aryl methyl sites for hydroxylation is 1. The van der Waals surface area contributed by atoms with Gasteiger partial charge >= 0.3 is 0 Å². The maximum absolute atomic E-state index is 12.8. The van der Waals surface area contributed by atoms with Gasteiger partial charge in [-0.05, 0) is 80.4 Å². The smallest absolute Gasteiger partial charge is 0.251 e. The molecule has 1 spiro atoms. The molecule has 39 heavy (non-hydrogen) atoms. The number of thioether (sulfide) groups is 1. The minimum Gasteiger partial charge on any atom is -0.397 e. The van der Waals surface area contributed by atoms with E-state index in [0.29, 0.717) is 23.7 Å². The number of nitrogens with zero attached hydrogens (tertiary/aromatic N) is 2. The van der Waals surface area contributed by atoms with Crippen LogP contribution < -0.4 is 21.7 Å². The van der Waals surface area contributed by atoms with Gasteiger partial charge < -0.3 is 26.6 Å². The number of rotatable bonds is 7. The van der Waals surface area contributed by atoms with Gasteiger partial charge in [-0.1, -0.05) is 24.3 Å². The second kappa shape index (κ2) is 12.0. The number of carbonyl (C=O) groups excluding carboxylic acids is 1. The molecule has 2 atom stereocenters. The Morgan fingerprint density at radius 2 is 2.13 bits per heavy atom. The Hall–Kier alpha value is -3.07. The van der Waals surface area contributed by atoms with Crippen molar-refractivity contribution >= 4 is 23.9 Å². The summed E-state index contributed by atoms with van der Waals surface area (Å²) in [5, 5.41) is 10.3. The monoisotopic (exact) mass is 544 g/mol. The number of hydrogen-bond donors (Lipinski definition) is 4. The van der Waals surface area contributed by atoms with Gasteiger partial charge in [0.15, 0.2) is 0 Å². The summed E-state index contributed by atoms with van der Waals surface area (Å²) >= 11 is 1.65. The third kappa shape index (κ3) is 6.57. The zero-order valence-corrected chi connectivity index (χ0v) is 24.0. The van der Waals surface area contributed by atoms with E-state index in [0.717, 1.165) is 47.1 Å². The lowest BCUT2D eigenvalue weighted by atomic mass is 9.97. The number of nitrogens with two attached hydrogens (primary N) is 1. The van der Waals surface area contributed by atoms with E-state index in [-0.39, 0.29) is 11.9 Å². The Kier molecular flexibility index (Phi) is 8.45. The maximum Gasteiger partial charge on any atom is 0.251 e. The van der Waals surface area contributed by atoms with Crippen LogP contribution in [0.2, 0.25) is 0 Å². The average Bonchev–Trinajstić information content (AvgIpc) is 3.72. The molecule has 8 heteroatoms. The van der Waals surface area contributed by atoms with Crippen molar-refractivity contribution < 1.29 is 4.79 Å². The second-order valence-corrected chi connectivity index (χ2v) is 11.7. The first-order valence-electron chi connectivity index (χ1n) is 13.8. The van der Waals surface area contributed by atoms with Crippen molar-refractivity contribution in [3.63, 3.8) is 0 Å². The number of benzene rings is 1. The van der Waals surface area contributed by atoms with Gasteiger partial charge in [-0.2, -0.15) is 0 Å². The lowest BCUT2D eigenvalue weighted by molar-refractivity contribution is 0.0956. The third-order valence-electron chi connectivity index (χ3n) is 8.14. The molecule has 1 saturated heterocycles. The standard InChI is InChI=1S/C31H40N6OS/c1-21-7-8-22(17-29(21)39-3)30(38)35-20-25-18-28-23(19-34-25)9-10-27(37(28)2)26(32)6-4-5-24-11-12-31(13-14-31)36-16-15-33-24/h4-10,17-19,24,28,33,36H,11-16,20,32H2,1-3H3,(H,35,38)/b5-4-,26-6-. The Morgan fingerprint density at radius 1 is 1.28 bits per heavy atom. The first-order chi connectivity index (χ1) is 18.9. The molecule has 0 aromatic heterocycles. The zero-order chi connectivity index (χ0) is 27.4. The summed E-state index contributed by atoms with van der Waals surface area (Å²) in [7, 11) is 2.05. The molecule has 1 aromatic carbocycles. The Bertz CT molecular complexity index is 1290.